The van der Waals surface area contributed by atoms with Crippen molar-refractivity contribution in [2.75, 3.05) is 0 Å². The van der Waals surface area contributed by atoms with E-state index in [1.165, 1.54) is 12.8 Å². The molecule has 1 aliphatic rings. The number of ether oxygens (including phenoxy) is 1. The normalized spacial score (nSPS) is 16.7. The van der Waals surface area contributed by atoms with Gasteiger partial charge in [-0.05, 0) is 38.3 Å². The molecule has 0 aliphatic heterocycles. The van der Waals surface area contributed by atoms with Crippen LogP contribution in [0.3, 0.4) is 0 Å². The molecule has 1 amide bonds. The lowest BCUT2D eigenvalue weighted by Gasteiger charge is -2.19. The van der Waals surface area contributed by atoms with Crippen molar-refractivity contribution in [1.29, 1.82) is 0 Å². The summed E-state index contributed by atoms with van der Waals surface area (Å²) in [4.78, 5) is 23.1. The fraction of sp³-hybridized carbons (Fsp3) is 0.500. The maximum Gasteiger partial charge on any atom is 0.260 e. The molecule has 0 bridgehead atoms. The van der Waals surface area contributed by atoms with Gasteiger partial charge < -0.3 is 10.1 Å². The summed E-state index contributed by atoms with van der Waals surface area (Å²) in [5.74, 6) is 0.383. The summed E-state index contributed by atoms with van der Waals surface area (Å²) in [6, 6.07) is 5.63. The van der Waals surface area contributed by atoms with E-state index in [4.69, 9.17) is 4.74 Å². The minimum absolute atomic E-state index is 0.114. The summed E-state index contributed by atoms with van der Waals surface area (Å²) < 4.78 is 5.70. The third-order valence-corrected chi connectivity index (χ3v) is 3.73. The summed E-state index contributed by atoms with van der Waals surface area (Å²) in [6.07, 6.45) is 4.59. The van der Waals surface area contributed by atoms with Crippen LogP contribution in [0.15, 0.2) is 18.2 Å². The van der Waals surface area contributed by atoms with Gasteiger partial charge in [-0.2, -0.15) is 0 Å². The van der Waals surface area contributed by atoms with Crippen LogP contribution < -0.4 is 10.1 Å². The molecule has 0 aromatic heterocycles. The lowest BCUT2D eigenvalue weighted by molar-refractivity contribution is -0.128. The highest BCUT2D eigenvalue weighted by Crippen LogP contribution is 2.23. The molecule has 0 heterocycles. The zero-order valence-electron chi connectivity index (χ0n) is 12.0. The topological polar surface area (TPSA) is 55.4 Å². The van der Waals surface area contributed by atoms with Gasteiger partial charge in [0.2, 0.25) is 0 Å². The van der Waals surface area contributed by atoms with Crippen LogP contribution in [0.5, 0.6) is 5.75 Å². The first-order chi connectivity index (χ1) is 9.61. The lowest BCUT2D eigenvalue weighted by Crippen LogP contribution is -2.41. The number of aryl methyl sites for hydroxylation is 1. The predicted octanol–water partition coefficient (Wildman–Crippen LogP) is 2.63. The zero-order valence-corrected chi connectivity index (χ0v) is 12.0. The summed E-state index contributed by atoms with van der Waals surface area (Å²) in [5.41, 5.74) is 1.33. The largest absolute Gasteiger partial charge is 0.480 e. The van der Waals surface area contributed by atoms with Crippen LogP contribution >= 0.6 is 0 Å². The first-order valence-corrected chi connectivity index (χ1v) is 7.13. The quantitative estimate of drug-likeness (QED) is 0.840. The van der Waals surface area contributed by atoms with E-state index in [1.54, 1.807) is 19.1 Å². The Morgan fingerprint density at radius 3 is 2.75 bits per heavy atom. The fourth-order valence-corrected chi connectivity index (χ4v) is 2.55. The second-order valence-corrected chi connectivity index (χ2v) is 5.36. The van der Waals surface area contributed by atoms with Gasteiger partial charge in [-0.25, -0.2) is 0 Å². The molecule has 2 rings (SSSR count). The molecule has 1 aromatic carbocycles. The Labute approximate surface area is 119 Å². The van der Waals surface area contributed by atoms with Crippen molar-refractivity contribution in [3.05, 3.63) is 29.3 Å². The first-order valence-electron chi connectivity index (χ1n) is 7.13. The van der Waals surface area contributed by atoms with E-state index >= 15 is 0 Å². The van der Waals surface area contributed by atoms with E-state index in [0.717, 1.165) is 24.7 Å². The Morgan fingerprint density at radius 2 is 2.10 bits per heavy atom. The molecule has 0 radical (unpaired) electrons. The molecule has 0 saturated heterocycles. The van der Waals surface area contributed by atoms with Crippen LogP contribution in [0.25, 0.3) is 0 Å². The number of aldehydes is 1. The smallest absolute Gasteiger partial charge is 0.260 e. The van der Waals surface area contributed by atoms with Crippen molar-refractivity contribution in [2.45, 2.75) is 51.7 Å². The van der Waals surface area contributed by atoms with E-state index in [1.807, 2.05) is 13.0 Å². The Hall–Kier alpha value is -1.84. The lowest BCUT2D eigenvalue weighted by atomic mass is 10.1. The van der Waals surface area contributed by atoms with E-state index in [2.05, 4.69) is 5.32 Å². The van der Waals surface area contributed by atoms with Crippen LogP contribution in [0.4, 0.5) is 0 Å². The second-order valence-electron chi connectivity index (χ2n) is 5.36. The molecular formula is C16H21NO3. The number of hydrogen-bond acceptors (Lipinski definition) is 3. The number of rotatable bonds is 5. The van der Waals surface area contributed by atoms with Crippen LogP contribution in [-0.4, -0.2) is 24.3 Å². The minimum atomic E-state index is -0.601. The maximum absolute atomic E-state index is 12.1. The molecule has 1 unspecified atom stereocenters. The molecule has 20 heavy (non-hydrogen) atoms. The Balaban J connectivity index is 2.01. The number of hydrogen-bond donors (Lipinski definition) is 1. The molecule has 0 spiro atoms. The Kier molecular flexibility index (Phi) is 4.77. The molecule has 1 aromatic rings. The van der Waals surface area contributed by atoms with Gasteiger partial charge in [0.1, 0.15) is 5.75 Å². The molecule has 1 aliphatic carbocycles. The SMILES string of the molecule is Cc1cccc(C=O)c1OC(C)C(=O)NC1CCCC1. The Bertz CT molecular complexity index is 492. The van der Waals surface area contributed by atoms with Gasteiger partial charge in [-0.3, -0.25) is 9.59 Å². The predicted molar refractivity (Wildman–Crippen MR) is 77.1 cm³/mol. The summed E-state index contributed by atoms with van der Waals surface area (Å²) in [7, 11) is 0. The zero-order chi connectivity index (χ0) is 14.5. The Morgan fingerprint density at radius 1 is 1.40 bits per heavy atom. The highest BCUT2D eigenvalue weighted by Gasteiger charge is 2.22. The van der Waals surface area contributed by atoms with E-state index < -0.39 is 6.10 Å². The van der Waals surface area contributed by atoms with Crippen molar-refractivity contribution < 1.29 is 14.3 Å². The van der Waals surface area contributed by atoms with Gasteiger partial charge in [0, 0.05) is 6.04 Å². The first kappa shape index (κ1) is 14.6. The van der Waals surface area contributed by atoms with Gasteiger partial charge in [0.15, 0.2) is 12.4 Å². The van der Waals surface area contributed by atoms with E-state index in [9.17, 15) is 9.59 Å². The van der Waals surface area contributed by atoms with Gasteiger partial charge in [0.25, 0.3) is 5.91 Å². The van der Waals surface area contributed by atoms with Crippen molar-refractivity contribution in [2.24, 2.45) is 0 Å². The van der Waals surface area contributed by atoms with E-state index in [-0.39, 0.29) is 11.9 Å². The molecule has 4 nitrogen and oxygen atoms in total. The van der Waals surface area contributed by atoms with Crippen LogP contribution in [0.2, 0.25) is 0 Å². The van der Waals surface area contributed by atoms with Crippen LogP contribution in [0.1, 0.15) is 48.5 Å². The van der Waals surface area contributed by atoms with Gasteiger partial charge in [-0.15, -0.1) is 0 Å². The maximum atomic E-state index is 12.1. The average Bonchev–Trinajstić information content (AvgIpc) is 2.93. The van der Waals surface area contributed by atoms with Gasteiger partial charge in [-0.1, -0.05) is 25.0 Å². The molecule has 1 saturated carbocycles. The second kappa shape index (κ2) is 6.55. The monoisotopic (exact) mass is 275 g/mol. The van der Waals surface area contributed by atoms with Crippen molar-refractivity contribution >= 4 is 12.2 Å². The summed E-state index contributed by atoms with van der Waals surface area (Å²) in [6.45, 7) is 3.58. The number of amides is 1. The van der Waals surface area contributed by atoms with E-state index in [0.29, 0.717) is 11.3 Å². The third-order valence-electron chi connectivity index (χ3n) is 3.73. The van der Waals surface area contributed by atoms with Crippen LogP contribution in [0, 0.1) is 6.92 Å². The average molecular weight is 275 g/mol. The van der Waals surface area contributed by atoms with Crippen molar-refractivity contribution in [3.63, 3.8) is 0 Å². The third kappa shape index (κ3) is 3.38. The number of benzene rings is 1. The highest BCUT2D eigenvalue weighted by molar-refractivity contribution is 5.83. The molecule has 1 N–H and O–H groups in total. The fourth-order valence-electron chi connectivity index (χ4n) is 2.55. The molecule has 1 atom stereocenters. The van der Waals surface area contributed by atoms with Gasteiger partial charge in [0.05, 0.1) is 5.56 Å². The summed E-state index contributed by atoms with van der Waals surface area (Å²) >= 11 is 0. The highest BCUT2D eigenvalue weighted by atomic mass is 16.5. The van der Waals surface area contributed by atoms with Crippen molar-refractivity contribution in [3.8, 4) is 5.75 Å². The molecular weight excluding hydrogens is 254 g/mol. The van der Waals surface area contributed by atoms with Gasteiger partial charge >= 0.3 is 0 Å². The molecule has 1 fully saturated rings. The summed E-state index contributed by atoms with van der Waals surface area (Å²) in [5, 5.41) is 3.00. The number of carbonyl (C=O) groups excluding carboxylic acids is 2. The van der Waals surface area contributed by atoms with Crippen molar-refractivity contribution in [1.82, 2.24) is 5.32 Å². The number of nitrogens with one attached hydrogen (secondary N) is 1. The molecule has 4 heteroatoms. The minimum Gasteiger partial charge on any atom is -0.480 e. The molecule has 108 valence electrons. The van der Waals surface area contributed by atoms with Crippen LogP contribution in [-0.2, 0) is 4.79 Å². The standard InChI is InChI=1S/C16H21NO3/c1-11-6-5-7-13(10-18)15(11)20-12(2)16(19)17-14-8-3-4-9-14/h5-7,10,12,14H,3-4,8-9H2,1-2H3,(H,17,19). The number of para-hydroxylation sites is 1. The number of carbonyl (C=O) groups is 2.